The predicted octanol–water partition coefficient (Wildman–Crippen LogP) is 3.96. The smallest absolute Gasteiger partial charge is 0.336 e. The molecule has 0 aliphatic carbocycles. The number of carboxylic acids is 1. The van der Waals surface area contributed by atoms with Crippen LogP contribution in [0.3, 0.4) is 0 Å². The van der Waals surface area contributed by atoms with Gasteiger partial charge in [-0.3, -0.25) is 0 Å². The van der Waals surface area contributed by atoms with E-state index in [4.69, 9.17) is 5.11 Å². The van der Waals surface area contributed by atoms with Crippen molar-refractivity contribution >= 4 is 38.9 Å². The molecule has 2 N–H and O–H groups in total. The second kappa shape index (κ2) is 5.49. The summed E-state index contributed by atoms with van der Waals surface area (Å²) in [5, 5.41) is 13.3. The van der Waals surface area contributed by atoms with Gasteiger partial charge in [0.15, 0.2) is 0 Å². The highest BCUT2D eigenvalue weighted by molar-refractivity contribution is 9.10. The first kappa shape index (κ1) is 13.0. The van der Waals surface area contributed by atoms with Crippen LogP contribution in [0.2, 0.25) is 0 Å². The fourth-order valence-electron chi connectivity index (χ4n) is 1.43. The van der Waals surface area contributed by atoms with E-state index in [1.54, 1.807) is 23.6 Å². The van der Waals surface area contributed by atoms with Crippen LogP contribution < -0.4 is 5.32 Å². The van der Waals surface area contributed by atoms with Crippen LogP contribution in [0.25, 0.3) is 0 Å². The van der Waals surface area contributed by atoms with Crippen molar-refractivity contribution in [1.29, 1.82) is 0 Å². The highest BCUT2D eigenvalue weighted by Gasteiger charge is 2.09. The van der Waals surface area contributed by atoms with Gasteiger partial charge in [0, 0.05) is 21.3 Å². The molecule has 1 heterocycles. The molecule has 0 saturated heterocycles. The molecule has 0 saturated carbocycles. The molecule has 2 rings (SSSR count). The van der Waals surface area contributed by atoms with Gasteiger partial charge >= 0.3 is 5.97 Å². The minimum absolute atomic E-state index is 0.254. The zero-order valence-corrected chi connectivity index (χ0v) is 11.5. The first-order valence-electron chi connectivity index (χ1n) is 5.06. The summed E-state index contributed by atoms with van der Waals surface area (Å²) in [5.41, 5.74) is 0.632. The second-order valence-corrected chi connectivity index (χ2v) is 5.41. The summed E-state index contributed by atoms with van der Waals surface area (Å²) in [6.45, 7) is 0.386. The van der Waals surface area contributed by atoms with E-state index >= 15 is 0 Å². The molecule has 0 atom stereocenters. The molecule has 18 heavy (non-hydrogen) atoms. The Bertz CT molecular complexity index is 565. The Hall–Kier alpha value is -1.40. The lowest BCUT2D eigenvalue weighted by atomic mass is 10.3. The van der Waals surface area contributed by atoms with Gasteiger partial charge < -0.3 is 10.4 Å². The highest BCUT2D eigenvalue weighted by atomic mass is 79.9. The van der Waals surface area contributed by atoms with Gasteiger partial charge in [0.05, 0.1) is 11.3 Å². The molecule has 0 bridgehead atoms. The quantitative estimate of drug-likeness (QED) is 0.892. The maximum absolute atomic E-state index is 13.5. The van der Waals surface area contributed by atoms with Gasteiger partial charge in [-0.15, -0.1) is 11.3 Å². The summed E-state index contributed by atoms with van der Waals surface area (Å²) in [6, 6.07) is 6.29. The zero-order valence-electron chi connectivity index (χ0n) is 9.11. The van der Waals surface area contributed by atoms with E-state index in [9.17, 15) is 9.18 Å². The van der Waals surface area contributed by atoms with Crippen molar-refractivity contribution in [2.45, 2.75) is 6.54 Å². The molecule has 0 unspecified atom stereocenters. The number of carbonyl (C=O) groups is 1. The minimum Gasteiger partial charge on any atom is -0.478 e. The van der Waals surface area contributed by atoms with Crippen molar-refractivity contribution < 1.29 is 14.3 Å². The summed E-state index contributed by atoms with van der Waals surface area (Å²) in [4.78, 5) is 11.6. The fraction of sp³-hybridized carbons (Fsp3) is 0.0833. The van der Waals surface area contributed by atoms with Gasteiger partial charge in [0.2, 0.25) is 0 Å². The van der Waals surface area contributed by atoms with Crippen LogP contribution in [0.4, 0.5) is 10.1 Å². The van der Waals surface area contributed by atoms with Crippen molar-refractivity contribution in [1.82, 2.24) is 0 Å². The van der Waals surface area contributed by atoms with Crippen LogP contribution in [0.1, 0.15) is 15.2 Å². The third-order valence-corrected chi connectivity index (χ3v) is 3.90. The first-order valence-corrected chi connectivity index (χ1v) is 6.74. The molecule has 0 fully saturated rings. The van der Waals surface area contributed by atoms with Gasteiger partial charge in [-0.25, -0.2) is 9.18 Å². The molecule has 2 aromatic rings. The normalized spacial score (nSPS) is 10.3. The average Bonchev–Trinajstić information content (AvgIpc) is 2.77. The van der Waals surface area contributed by atoms with Gasteiger partial charge in [-0.1, -0.05) is 6.07 Å². The van der Waals surface area contributed by atoms with Crippen molar-refractivity contribution in [3.05, 3.63) is 50.4 Å². The van der Waals surface area contributed by atoms with Crippen LogP contribution >= 0.6 is 27.3 Å². The van der Waals surface area contributed by atoms with Gasteiger partial charge in [0.25, 0.3) is 0 Å². The lowest BCUT2D eigenvalue weighted by molar-refractivity contribution is 0.0697. The first-order chi connectivity index (χ1) is 8.58. The Kier molecular flexibility index (Phi) is 3.98. The molecule has 0 aliphatic rings. The van der Waals surface area contributed by atoms with Crippen LogP contribution in [0.15, 0.2) is 34.1 Å². The molecule has 0 radical (unpaired) electrons. The number of nitrogens with one attached hydrogen (secondary N) is 1. The van der Waals surface area contributed by atoms with Crippen molar-refractivity contribution in [3.8, 4) is 0 Å². The van der Waals surface area contributed by atoms with Crippen molar-refractivity contribution in [2.75, 3.05) is 5.32 Å². The monoisotopic (exact) mass is 329 g/mol. The number of carboxylic acid groups (broad SMARTS) is 1. The van der Waals surface area contributed by atoms with Crippen LogP contribution in [-0.4, -0.2) is 11.1 Å². The number of hydrogen-bond donors (Lipinski definition) is 2. The largest absolute Gasteiger partial charge is 0.478 e. The molecule has 1 aromatic heterocycles. The van der Waals surface area contributed by atoms with E-state index in [1.807, 2.05) is 0 Å². The van der Waals surface area contributed by atoms with Gasteiger partial charge in [-0.05, 0) is 34.1 Å². The number of rotatable bonds is 4. The van der Waals surface area contributed by atoms with E-state index in [-0.39, 0.29) is 11.4 Å². The molecule has 6 heteroatoms. The summed E-state index contributed by atoms with van der Waals surface area (Å²) < 4.78 is 14.1. The number of halogens is 2. The summed E-state index contributed by atoms with van der Waals surface area (Å²) in [5.74, 6) is -1.30. The third-order valence-electron chi connectivity index (χ3n) is 2.30. The van der Waals surface area contributed by atoms with E-state index in [1.165, 1.54) is 17.4 Å². The molecule has 0 aliphatic heterocycles. The van der Waals surface area contributed by atoms with Gasteiger partial charge in [0.1, 0.15) is 5.82 Å². The number of anilines is 1. The van der Waals surface area contributed by atoms with E-state index in [0.29, 0.717) is 16.7 Å². The lowest BCUT2D eigenvalue weighted by Gasteiger charge is -2.08. The lowest BCUT2D eigenvalue weighted by Crippen LogP contribution is -2.01. The summed E-state index contributed by atoms with van der Waals surface area (Å²) in [7, 11) is 0. The SMILES string of the molecule is O=C(O)c1csc(CNc2c(F)cccc2Br)c1. The molecular weight excluding hydrogens is 321 g/mol. The average molecular weight is 330 g/mol. The number of aromatic carboxylic acids is 1. The summed E-state index contributed by atoms with van der Waals surface area (Å²) >= 11 is 4.58. The van der Waals surface area contributed by atoms with E-state index in [0.717, 1.165) is 4.88 Å². The topological polar surface area (TPSA) is 49.3 Å². The predicted molar refractivity (Wildman–Crippen MR) is 72.7 cm³/mol. The molecular formula is C12H9BrFNO2S. The standard InChI is InChI=1S/C12H9BrFNO2S/c13-9-2-1-3-10(14)11(9)15-5-8-4-7(6-18-8)12(16)17/h1-4,6,15H,5H2,(H,16,17). The number of thiophene rings is 1. The number of benzene rings is 1. The van der Waals surface area contributed by atoms with Crippen LogP contribution in [0, 0.1) is 5.82 Å². The summed E-state index contributed by atoms with van der Waals surface area (Å²) in [6.07, 6.45) is 0. The van der Waals surface area contributed by atoms with E-state index in [2.05, 4.69) is 21.2 Å². The van der Waals surface area contributed by atoms with E-state index < -0.39 is 5.97 Å². The van der Waals surface area contributed by atoms with Gasteiger partial charge in [-0.2, -0.15) is 0 Å². The Morgan fingerprint density at radius 3 is 2.89 bits per heavy atom. The van der Waals surface area contributed by atoms with Crippen molar-refractivity contribution in [3.63, 3.8) is 0 Å². The number of para-hydroxylation sites is 1. The second-order valence-electron chi connectivity index (χ2n) is 3.56. The molecule has 3 nitrogen and oxygen atoms in total. The molecule has 0 spiro atoms. The maximum Gasteiger partial charge on any atom is 0.336 e. The zero-order chi connectivity index (χ0) is 13.1. The highest BCUT2D eigenvalue weighted by Crippen LogP contribution is 2.26. The molecule has 1 aromatic carbocycles. The molecule has 94 valence electrons. The van der Waals surface area contributed by atoms with Crippen LogP contribution in [-0.2, 0) is 6.54 Å². The molecule has 0 amide bonds. The minimum atomic E-state index is -0.954. The fourth-order valence-corrected chi connectivity index (χ4v) is 2.71. The number of hydrogen-bond acceptors (Lipinski definition) is 3. The third kappa shape index (κ3) is 2.88. The Balaban J connectivity index is 2.09. The van der Waals surface area contributed by atoms with Crippen LogP contribution in [0.5, 0.6) is 0 Å². The Labute approximate surface area is 115 Å². The van der Waals surface area contributed by atoms with Crippen molar-refractivity contribution in [2.24, 2.45) is 0 Å². The Morgan fingerprint density at radius 2 is 2.28 bits per heavy atom. The Morgan fingerprint density at radius 1 is 1.50 bits per heavy atom. The maximum atomic E-state index is 13.5.